The monoisotopic (exact) mass is 269 g/mol. The Morgan fingerprint density at radius 1 is 1.05 bits per heavy atom. The van der Waals surface area contributed by atoms with Crippen molar-refractivity contribution in [1.29, 1.82) is 0 Å². The van der Waals surface area contributed by atoms with Crippen molar-refractivity contribution in [1.82, 2.24) is 5.32 Å². The van der Waals surface area contributed by atoms with Crippen LogP contribution in [0.5, 0.6) is 0 Å². The van der Waals surface area contributed by atoms with Crippen LogP contribution in [0.4, 0.5) is 0 Å². The van der Waals surface area contributed by atoms with Crippen LogP contribution in [0.15, 0.2) is 42.5 Å². The topological polar surface area (TPSA) is 29.1 Å². The molecule has 1 amide bonds. The van der Waals surface area contributed by atoms with Crippen LogP contribution in [0.25, 0.3) is 10.8 Å². The molecule has 0 spiro atoms. The van der Waals surface area contributed by atoms with Crippen molar-refractivity contribution in [3.63, 3.8) is 0 Å². The van der Waals surface area contributed by atoms with Gasteiger partial charge < -0.3 is 5.32 Å². The van der Waals surface area contributed by atoms with Gasteiger partial charge in [0.2, 0.25) is 5.91 Å². The van der Waals surface area contributed by atoms with E-state index in [1.165, 1.54) is 16.3 Å². The molecule has 2 aromatic rings. The predicted molar refractivity (Wildman–Crippen MR) is 84.8 cm³/mol. The highest BCUT2D eigenvalue weighted by Crippen LogP contribution is 2.16. The Bertz CT molecular complexity index is 572. The van der Waals surface area contributed by atoms with Gasteiger partial charge in [0.25, 0.3) is 0 Å². The molecule has 0 unspecified atom stereocenters. The molecule has 0 heterocycles. The maximum absolute atomic E-state index is 11.9. The number of amides is 1. The van der Waals surface area contributed by atoms with Crippen LogP contribution in [-0.4, -0.2) is 11.9 Å². The molecular weight excluding hydrogens is 246 g/mol. The van der Waals surface area contributed by atoms with E-state index < -0.39 is 0 Å². The molecule has 0 atom stereocenters. The Balaban J connectivity index is 1.93. The second-order valence-corrected chi connectivity index (χ2v) is 5.26. The van der Waals surface area contributed by atoms with Crippen LogP contribution < -0.4 is 5.32 Å². The summed E-state index contributed by atoms with van der Waals surface area (Å²) in [6.07, 6.45) is 3.36. The number of hydrogen-bond acceptors (Lipinski definition) is 1. The molecule has 106 valence electrons. The number of carbonyl (C=O) groups is 1. The number of benzene rings is 2. The van der Waals surface area contributed by atoms with E-state index >= 15 is 0 Å². The zero-order valence-electron chi connectivity index (χ0n) is 12.4. The summed E-state index contributed by atoms with van der Waals surface area (Å²) in [5, 5.41) is 5.57. The summed E-state index contributed by atoms with van der Waals surface area (Å²) in [6, 6.07) is 15.1. The fraction of sp³-hybridized carbons (Fsp3) is 0.389. The molecule has 0 aliphatic heterocycles. The normalized spacial score (nSPS) is 10.9. The third-order valence-corrected chi connectivity index (χ3v) is 3.81. The van der Waals surface area contributed by atoms with Gasteiger partial charge in [0.1, 0.15) is 0 Å². The summed E-state index contributed by atoms with van der Waals surface area (Å²) in [4.78, 5) is 11.9. The number of aryl methyl sites for hydroxylation is 1. The third-order valence-electron chi connectivity index (χ3n) is 3.81. The van der Waals surface area contributed by atoms with Crippen molar-refractivity contribution in [2.24, 2.45) is 0 Å². The summed E-state index contributed by atoms with van der Waals surface area (Å²) in [5.41, 5.74) is 1.23. The van der Waals surface area contributed by atoms with E-state index in [1.807, 2.05) is 12.1 Å². The van der Waals surface area contributed by atoms with Crippen LogP contribution in [0.1, 0.15) is 38.7 Å². The summed E-state index contributed by atoms with van der Waals surface area (Å²) in [6.45, 7) is 4.22. The van der Waals surface area contributed by atoms with Gasteiger partial charge in [-0.2, -0.15) is 0 Å². The van der Waals surface area contributed by atoms with Gasteiger partial charge in [-0.1, -0.05) is 56.3 Å². The quantitative estimate of drug-likeness (QED) is 0.841. The maximum Gasteiger partial charge on any atom is 0.220 e. The van der Waals surface area contributed by atoms with Crippen molar-refractivity contribution in [3.05, 3.63) is 48.0 Å². The van der Waals surface area contributed by atoms with Crippen LogP contribution >= 0.6 is 0 Å². The van der Waals surface area contributed by atoms with Gasteiger partial charge in [0, 0.05) is 12.5 Å². The van der Waals surface area contributed by atoms with Gasteiger partial charge >= 0.3 is 0 Å². The second kappa shape index (κ2) is 7.09. The molecule has 0 aliphatic carbocycles. The summed E-state index contributed by atoms with van der Waals surface area (Å²) < 4.78 is 0. The van der Waals surface area contributed by atoms with Crippen molar-refractivity contribution < 1.29 is 4.79 Å². The molecule has 0 fully saturated rings. The average Bonchev–Trinajstić information content (AvgIpc) is 2.50. The van der Waals surface area contributed by atoms with E-state index in [4.69, 9.17) is 0 Å². The van der Waals surface area contributed by atoms with Crippen molar-refractivity contribution in [2.75, 3.05) is 0 Å². The lowest BCUT2D eigenvalue weighted by atomic mass is 10.0. The Morgan fingerprint density at radius 3 is 2.45 bits per heavy atom. The van der Waals surface area contributed by atoms with Gasteiger partial charge in [-0.15, -0.1) is 0 Å². The zero-order chi connectivity index (χ0) is 14.4. The first-order valence-corrected chi connectivity index (χ1v) is 7.50. The van der Waals surface area contributed by atoms with Gasteiger partial charge in [-0.3, -0.25) is 4.79 Å². The lowest BCUT2D eigenvalue weighted by molar-refractivity contribution is -0.121. The van der Waals surface area contributed by atoms with Gasteiger partial charge in [0.05, 0.1) is 0 Å². The lowest BCUT2D eigenvalue weighted by Gasteiger charge is -2.14. The minimum Gasteiger partial charge on any atom is -0.353 e. The lowest BCUT2D eigenvalue weighted by Crippen LogP contribution is -2.33. The summed E-state index contributed by atoms with van der Waals surface area (Å²) in [7, 11) is 0. The van der Waals surface area contributed by atoms with Crippen LogP contribution in [0.2, 0.25) is 0 Å². The Kier molecular flexibility index (Phi) is 5.16. The largest absolute Gasteiger partial charge is 0.353 e. The predicted octanol–water partition coefficient (Wildman–Crippen LogP) is 4.08. The number of hydrogen-bond donors (Lipinski definition) is 1. The molecule has 2 nitrogen and oxygen atoms in total. The van der Waals surface area contributed by atoms with Crippen molar-refractivity contribution in [2.45, 2.75) is 45.6 Å². The fourth-order valence-electron chi connectivity index (χ4n) is 2.44. The Morgan fingerprint density at radius 2 is 1.75 bits per heavy atom. The molecule has 0 saturated carbocycles. The summed E-state index contributed by atoms with van der Waals surface area (Å²) >= 11 is 0. The molecule has 20 heavy (non-hydrogen) atoms. The van der Waals surface area contributed by atoms with Gasteiger partial charge in [-0.25, -0.2) is 0 Å². The number of nitrogens with one attached hydrogen (secondary N) is 1. The minimum atomic E-state index is 0.159. The smallest absolute Gasteiger partial charge is 0.220 e. The van der Waals surface area contributed by atoms with E-state index in [-0.39, 0.29) is 5.91 Å². The Labute approximate surface area is 121 Å². The molecule has 2 rings (SSSR count). The van der Waals surface area contributed by atoms with Crippen LogP contribution in [0, 0.1) is 0 Å². The van der Waals surface area contributed by atoms with E-state index in [9.17, 15) is 4.79 Å². The fourth-order valence-corrected chi connectivity index (χ4v) is 2.44. The van der Waals surface area contributed by atoms with E-state index in [2.05, 4.69) is 49.5 Å². The molecule has 0 bridgehead atoms. The summed E-state index contributed by atoms with van der Waals surface area (Å²) in [5.74, 6) is 0.159. The second-order valence-electron chi connectivity index (χ2n) is 5.26. The van der Waals surface area contributed by atoms with E-state index in [0.717, 1.165) is 19.3 Å². The first kappa shape index (κ1) is 14.6. The maximum atomic E-state index is 11.9. The van der Waals surface area contributed by atoms with Gasteiger partial charge in [-0.05, 0) is 35.6 Å². The first-order chi connectivity index (χ1) is 9.72. The highest BCUT2D eigenvalue weighted by molar-refractivity contribution is 5.83. The van der Waals surface area contributed by atoms with Crippen molar-refractivity contribution in [3.8, 4) is 0 Å². The Hall–Kier alpha value is -1.83. The molecule has 2 heteroatoms. The molecule has 1 N–H and O–H groups in total. The number of rotatable bonds is 6. The molecule has 0 radical (unpaired) electrons. The van der Waals surface area contributed by atoms with Crippen LogP contribution in [0.3, 0.4) is 0 Å². The standard InChI is InChI=1S/C18H23NO/c1-3-17(4-2)19-18(20)12-10-14-9-11-15-7-5-6-8-16(15)13-14/h5-9,11,13,17H,3-4,10,12H2,1-2H3,(H,19,20). The average molecular weight is 269 g/mol. The van der Waals surface area contributed by atoms with Crippen molar-refractivity contribution >= 4 is 16.7 Å². The molecule has 0 aromatic heterocycles. The molecule has 0 saturated heterocycles. The number of fused-ring (bicyclic) bond motifs is 1. The third kappa shape index (κ3) is 3.83. The molecule has 2 aromatic carbocycles. The van der Waals surface area contributed by atoms with E-state index in [1.54, 1.807) is 0 Å². The van der Waals surface area contributed by atoms with E-state index in [0.29, 0.717) is 12.5 Å². The van der Waals surface area contributed by atoms with Gasteiger partial charge in [0.15, 0.2) is 0 Å². The molecular formula is C18H23NO. The zero-order valence-corrected chi connectivity index (χ0v) is 12.4. The number of carbonyl (C=O) groups excluding carboxylic acids is 1. The van der Waals surface area contributed by atoms with Crippen LogP contribution in [-0.2, 0) is 11.2 Å². The first-order valence-electron chi connectivity index (χ1n) is 7.50. The highest BCUT2D eigenvalue weighted by atomic mass is 16.1. The highest BCUT2D eigenvalue weighted by Gasteiger charge is 2.08. The molecule has 0 aliphatic rings. The SMILES string of the molecule is CCC(CC)NC(=O)CCc1ccc2ccccc2c1. The minimum absolute atomic E-state index is 0.159.